The third kappa shape index (κ3) is 3.07. The number of hydrogen-bond acceptors (Lipinski definition) is 2. The fourth-order valence-electron chi connectivity index (χ4n) is 2.77. The van der Waals surface area contributed by atoms with E-state index >= 15 is 0 Å². The zero-order valence-electron chi connectivity index (χ0n) is 11.9. The highest BCUT2D eigenvalue weighted by molar-refractivity contribution is 5.90. The van der Waals surface area contributed by atoms with Gasteiger partial charge in [0.25, 0.3) is 0 Å². The van der Waals surface area contributed by atoms with E-state index in [0.29, 0.717) is 0 Å². The molecule has 0 aliphatic carbocycles. The summed E-state index contributed by atoms with van der Waals surface area (Å²) in [6.45, 7) is 1.73. The van der Waals surface area contributed by atoms with Crippen LogP contribution in [0.1, 0.15) is 18.4 Å². The lowest BCUT2D eigenvalue weighted by Gasteiger charge is -2.15. The summed E-state index contributed by atoms with van der Waals surface area (Å²) in [6.07, 6.45) is 4.27. The fraction of sp³-hybridized carbons (Fsp3) is 0.375. The number of hydrogen-bond donors (Lipinski definition) is 2. The van der Waals surface area contributed by atoms with Gasteiger partial charge in [0.1, 0.15) is 0 Å². The van der Waals surface area contributed by atoms with Gasteiger partial charge >= 0.3 is 0 Å². The van der Waals surface area contributed by atoms with E-state index in [0.717, 1.165) is 42.4 Å². The molecule has 3 rings (SSSR count). The van der Waals surface area contributed by atoms with Crippen molar-refractivity contribution in [2.24, 2.45) is 0 Å². The van der Waals surface area contributed by atoms with Crippen molar-refractivity contribution in [3.63, 3.8) is 0 Å². The van der Waals surface area contributed by atoms with Crippen LogP contribution < -0.4 is 5.32 Å². The predicted molar refractivity (Wildman–Crippen MR) is 80.8 cm³/mol. The van der Waals surface area contributed by atoms with Crippen LogP contribution in [0.5, 0.6) is 0 Å². The molecule has 5 heteroatoms. The molecular formula is C16H19N3O2. The Morgan fingerprint density at radius 3 is 2.76 bits per heavy atom. The Kier molecular flexibility index (Phi) is 3.90. The van der Waals surface area contributed by atoms with Crippen LogP contribution >= 0.6 is 0 Å². The number of carbonyl (C=O) groups excluding carboxylic acids is 2. The van der Waals surface area contributed by atoms with Gasteiger partial charge in [-0.15, -0.1) is 0 Å². The number of H-pyrrole nitrogens is 1. The van der Waals surface area contributed by atoms with Crippen LogP contribution in [0.25, 0.3) is 10.9 Å². The molecule has 1 saturated heterocycles. The van der Waals surface area contributed by atoms with E-state index in [1.165, 1.54) is 0 Å². The van der Waals surface area contributed by atoms with E-state index in [1.807, 2.05) is 35.4 Å². The lowest BCUT2D eigenvalue weighted by atomic mass is 10.1. The molecule has 0 unspecified atom stereocenters. The summed E-state index contributed by atoms with van der Waals surface area (Å²) >= 11 is 0. The average Bonchev–Trinajstić information content (AvgIpc) is 3.15. The molecule has 21 heavy (non-hydrogen) atoms. The molecule has 1 aliphatic rings. The van der Waals surface area contributed by atoms with Crippen molar-refractivity contribution >= 4 is 22.7 Å². The minimum atomic E-state index is -0.118. The van der Waals surface area contributed by atoms with Crippen molar-refractivity contribution in [3.05, 3.63) is 36.0 Å². The van der Waals surface area contributed by atoms with Crippen molar-refractivity contribution in [2.45, 2.75) is 19.3 Å². The molecule has 1 aromatic heterocycles. The first-order valence-corrected chi connectivity index (χ1v) is 7.33. The molecule has 2 N–H and O–H groups in total. The van der Waals surface area contributed by atoms with Crippen LogP contribution in [0, 0.1) is 0 Å². The Labute approximate surface area is 123 Å². The number of benzene rings is 1. The lowest BCUT2D eigenvalue weighted by molar-refractivity contribution is -0.131. The summed E-state index contributed by atoms with van der Waals surface area (Å²) in [4.78, 5) is 28.8. The largest absolute Gasteiger partial charge is 0.361 e. The number of nitrogens with one attached hydrogen (secondary N) is 2. The number of fused-ring (bicyclic) bond motifs is 1. The third-order valence-corrected chi connectivity index (χ3v) is 3.92. The van der Waals surface area contributed by atoms with Crippen molar-refractivity contribution in [1.29, 1.82) is 0 Å². The molecule has 0 saturated carbocycles. The number of nitrogens with zero attached hydrogens (tertiary/aromatic N) is 1. The van der Waals surface area contributed by atoms with Crippen molar-refractivity contribution < 1.29 is 9.59 Å². The molecule has 0 atom stereocenters. The highest BCUT2D eigenvalue weighted by atomic mass is 16.2. The fourth-order valence-corrected chi connectivity index (χ4v) is 2.77. The Morgan fingerprint density at radius 1 is 1.19 bits per heavy atom. The molecule has 0 bridgehead atoms. The quantitative estimate of drug-likeness (QED) is 0.893. The smallest absolute Gasteiger partial charge is 0.241 e. The topological polar surface area (TPSA) is 65.2 Å². The maximum Gasteiger partial charge on any atom is 0.241 e. The van der Waals surface area contributed by atoms with Crippen molar-refractivity contribution in [2.75, 3.05) is 19.6 Å². The second kappa shape index (κ2) is 5.99. The van der Waals surface area contributed by atoms with E-state index < -0.39 is 0 Å². The molecule has 1 fully saturated rings. The number of para-hydroxylation sites is 1. The van der Waals surface area contributed by atoms with Gasteiger partial charge in [-0.1, -0.05) is 18.2 Å². The number of aromatic nitrogens is 1. The summed E-state index contributed by atoms with van der Waals surface area (Å²) in [5, 5.41) is 3.77. The van der Waals surface area contributed by atoms with E-state index in [9.17, 15) is 9.59 Å². The molecule has 1 aromatic carbocycles. The summed E-state index contributed by atoms with van der Waals surface area (Å²) in [6, 6.07) is 7.88. The van der Waals surface area contributed by atoms with Crippen molar-refractivity contribution in [1.82, 2.24) is 15.2 Å². The normalized spacial score (nSPS) is 14.6. The summed E-state index contributed by atoms with van der Waals surface area (Å²) in [5.41, 5.74) is 1.98. The molecule has 5 nitrogen and oxygen atoms in total. The van der Waals surface area contributed by atoms with Crippen LogP contribution in [0.15, 0.2) is 30.5 Å². The number of carbonyl (C=O) groups is 2. The molecule has 0 spiro atoms. The standard InChI is InChI=1S/C16H19N3O2/c20-15(18-11-16(21)19-7-3-4-8-19)9-12-10-17-14-6-2-1-5-13(12)14/h1-2,5-6,10,17H,3-4,7-9,11H2,(H,18,20). The molecule has 1 aliphatic heterocycles. The van der Waals surface area contributed by atoms with Gasteiger partial charge in [0.15, 0.2) is 0 Å². The molecular weight excluding hydrogens is 266 g/mol. The number of aromatic amines is 1. The summed E-state index contributed by atoms with van der Waals surface area (Å²) in [7, 11) is 0. The Bertz CT molecular complexity index is 656. The van der Waals surface area contributed by atoms with Crippen LogP contribution in [0.4, 0.5) is 0 Å². The predicted octanol–water partition coefficient (Wildman–Crippen LogP) is 1.45. The minimum Gasteiger partial charge on any atom is -0.361 e. The maximum atomic E-state index is 12.0. The van der Waals surface area contributed by atoms with Crippen LogP contribution in [0.2, 0.25) is 0 Å². The third-order valence-electron chi connectivity index (χ3n) is 3.92. The van der Waals surface area contributed by atoms with E-state index in [2.05, 4.69) is 10.3 Å². The van der Waals surface area contributed by atoms with Gasteiger partial charge in [-0.25, -0.2) is 0 Å². The molecule has 2 heterocycles. The Morgan fingerprint density at radius 2 is 1.95 bits per heavy atom. The molecule has 2 aromatic rings. The SMILES string of the molecule is O=C(Cc1c[nH]c2ccccc12)NCC(=O)N1CCCC1. The zero-order valence-corrected chi connectivity index (χ0v) is 11.9. The maximum absolute atomic E-state index is 12.0. The first-order chi connectivity index (χ1) is 10.2. The number of rotatable bonds is 4. The van der Waals surface area contributed by atoms with Gasteiger partial charge in [-0.05, 0) is 24.5 Å². The van der Waals surface area contributed by atoms with Crippen LogP contribution in [-0.4, -0.2) is 41.3 Å². The Balaban J connectivity index is 1.55. The summed E-state index contributed by atoms with van der Waals surface area (Å²) < 4.78 is 0. The van der Waals surface area contributed by atoms with Gasteiger partial charge in [0.05, 0.1) is 13.0 Å². The monoisotopic (exact) mass is 285 g/mol. The van der Waals surface area contributed by atoms with E-state index in [-0.39, 0.29) is 24.8 Å². The van der Waals surface area contributed by atoms with Crippen LogP contribution in [0.3, 0.4) is 0 Å². The second-order valence-electron chi connectivity index (χ2n) is 5.40. The van der Waals surface area contributed by atoms with Gasteiger partial charge < -0.3 is 15.2 Å². The van der Waals surface area contributed by atoms with Gasteiger partial charge in [0, 0.05) is 30.2 Å². The lowest BCUT2D eigenvalue weighted by Crippen LogP contribution is -2.39. The number of likely N-dealkylation sites (tertiary alicyclic amines) is 1. The zero-order chi connectivity index (χ0) is 14.7. The highest BCUT2D eigenvalue weighted by Gasteiger charge is 2.18. The molecule has 2 amide bonds. The van der Waals surface area contributed by atoms with Crippen molar-refractivity contribution in [3.8, 4) is 0 Å². The van der Waals surface area contributed by atoms with Gasteiger partial charge in [-0.3, -0.25) is 9.59 Å². The van der Waals surface area contributed by atoms with E-state index in [1.54, 1.807) is 0 Å². The molecule has 0 radical (unpaired) electrons. The highest BCUT2D eigenvalue weighted by Crippen LogP contribution is 2.17. The average molecular weight is 285 g/mol. The first kappa shape index (κ1) is 13.7. The molecule has 110 valence electrons. The summed E-state index contributed by atoms with van der Waals surface area (Å²) in [5.74, 6) is -0.105. The Hall–Kier alpha value is -2.30. The van der Waals surface area contributed by atoms with Gasteiger partial charge in [-0.2, -0.15) is 0 Å². The van der Waals surface area contributed by atoms with Gasteiger partial charge in [0.2, 0.25) is 11.8 Å². The first-order valence-electron chi connectivity index (χ1n) is 7.33. The second-order valence-corrected chi connectivity index (χ2v) is 5.40. The number of amides is 2. The van der Waals surface area contributed by atoms with E-state index in [4.69, 9.17) is 0 Å². The minimum absolute atomic E-state index is 0.0137. The van der Waals surface area contributed by atoms with Crippen LogP contribution in [-0.2, 0) is 16.0 Å².